The van der Waals surface area contributed by atoms with Gasteiger partial charge in [-0.2, -0.15) is 0 Å². The van der Waals surface area contributed by atoms with Crippen LogP contribution in [0.3, 0.4) is 0 Å². The van der Waals surface area contributed by atoms with Gasteiger partial charge in [0.25, 0.3) is 0 Å². The van der Waals surface area contributed by atoms with Crippen molar-refractivity contribution < 1.29 is 4.42 Å². The van der Waals surface area contributed by atoms with Gasteiger partial charge < -0.3 is 9.73 Å². The molecule has 2 rings (SSSR count). The van der Waals surface area contributed by atoms with Crippen molar-refractivity contribution in [2.24, 2.45) is 5.92 Å². The SMILES string of the molecule is Cc1ccc(C(C)N2CCCNC(CC(C)C)C2)o1. The van der Waals surface area contributed by atoms with Crippen molar-refractivity contribution in [3.8, 4) is 0 Å². The van der Waals surface area contributed by atoms with E-state index in [1.165, 1.54) is 12.8 Å². The normalized spacial score (nSPS) is 23.5. The van der Waals surface area contributed by atoms with Crippen LogP contribution in [-0.2, 0) is 0 Å². The van der Waals surface area contributed by atoms with Crippen LogP contribution in [0.25, 0.3) is 0 Å². The second kappa shape index (κ2) is 6.58. The van der Waals surface area contributed by atoms with E-state index >= 15 is 0 Å². The summed E-state index contributed by atoms with van der Waals surface area (Å²) in [6.07, 6.45) is 2.47. The topological polar surface area (TPSA) is 28.4 Å². The second-order valence-corrected chi connectivity index (χ2v) is 6.25. The average molecular weight is 264 g/mol. The lowest BCUT2D eigenvalue weighted by Gasteiger charge is -2.29. The van der Waals surface area contributed by atoms with Crippen LogP contribution in [0, 0.1) is 12.8 Å². The van der Waals surface area contributed by atoms with Gasteiger partial charge in [-0.1, -0.05) is 13.8 Å². The molecular formula is C16H28N2O. The Bertz CT molecular complexity index is 386. The highest BCUT2D eigenvalue weighted by Gasteiger charge is 2.24. The molecule has 0 aliphatic carbocycles. The second-order valence-electron chi connectivity index (χ2n) is 6.25. The molecule has 1 saturated heterocycles. The lowest BCUT2D eigenvalue weighted by molar-refractivity contribution is 0.178. The van der Waals surface area contributed by atoms with Gasteiger partial charge in [-0.25, -0.2) is 0 Å². The van der Waals surface area contributed by atoms with E-state index in [0.717, 1.165) is 37.1 Å². The Hall–Kier alpha value is -0.800. The zero-order valence-corrected chi connectivity index (χ0v) is 12.8. The number of rotatable bonds is 4. The van der Waals surface area contributed by atoms with Crippen molar-refractivity contribution >= 4 is 0 Å². The maximum atomic E-state index is 5.79. The van der Waals surface area contributed by atoms with Crippen LogP contribution < -0.4 is 5.32 Å². The Kier molecular flexibility index (Phi) is 5.06. The van der Waals surface area contributed by atoms with Crippen LogP contribution in [0.5, 0.6) is 0 Å². The van der Waals surface area contributed by atoms with Gasteiger partial charge in [0.1, 0.15) is 11.5 Å². The quantitative estimate of drug-likeness (QED) is 0.904. The molecule has 2 unspecified atom stereocenters. The van der Waals surface area contributed by atoms with E-state index < -0.39 is 0 Å². The van der Waals surface area contributed by atoms with Crippen molar-refractivity contribution in [3.05, 3.63) is 23.7 Å². The Morgan fingerprint density at radius 3 is 2.79 bits per heavy atom. The third kappa shape index (κ3) is 4.08. The summed E-state index contributed by atoms with van der Waals surface area (Å²) in [6.45, 7) is 12.3. The molecule has 19 heavy (non-hydrogen) atoms. The minimum Gasteiger partial charge on any atom is -0.465 e. The molecule has 1 aliphatic rings. The molecule has 1 aromatic heterocycles. The Morgan fingerprint density at radius 1 is 1.37 bits per heavy atom. The summed E-state index contributed by atoms with van der Waals surface area (Å²) >= 11 is 0. The number of furan rings is 1. The zero-order valence-electron chi connectivity index (χ0n) is 12.8. The van der Waals surface area contributed by atoms with Crippen molar-refractivity contribution in [2.45, 2.75) is 52.6 Å². The van der Waals surface area contributed by atoms with Gasteiger partial charge in [-0.3, -0.25) is 4.90 Å². The van der Waals surface area contributed by atoms with Crippen molar-refractivity contribution in [1.29, 1.82) is 0 Å². The molecule has 108 valence electrons. The molecular weight excluding hydrogens is 236 g/mol. The van der Waals surface area contributed by atoms with Crippen molar-refractivity contribution in [3.63, 3.8) is 0 Å². The molecule has 0 saturated carbocycles. The first kappa shape index (κ1) is 14.6. The van der Waals surface area contributed by atoms with Gasteiger partial charge in [-0.05, 0) is 51.3 Å². The van der Waals surface area contributed by atoms with Gasteiger partial charge in [0, 0.05) is 19.1 Å². The molecule has 1 N–H and O–H groups in total. The van der Waals surface area contributed by atoms with Gasteiger partial charge in [0.2, 0.25) is 0 Å². The number of hydrogen-bond donors (Lipinski definition) is 1. The number of nitrogens with one attached hydrogen (secondary N) is 1. The number of aryl methyl sites for hydroxylation is 1. The molecule has 1 fully saturated rings. The van der Waals surface area contributed by atoms with Gasteiger partial charge in [-0.15, -0.1) is 0 Å². The first-order chi connectivity index (χ1) is 9.06. The minimum absolute atomic E-state index is 0.378. The summed E-state index contributed by atoms with van der Waals surface area (Å²) < 4.78 is 5.79. The first-order valence-electron chi connectivity index (χ1n) is 7.60. The Balaban J connectivity index is 2.01. The molecule has 0 spiro atoms. The third-order valence-corrected chi connectivity index (χ3v) is 3.99. The first-order valence-corrected chi connectivity index (χ1v) is 7.60. The standard InChI is InChI=1S/C16H28N2O/c1-12(2)10-15-11-18(9-5-8-17-15)14(4)16-7-6-13(3)19-16/h6-7,12,14-15,17H,5,8-11H2,1-4H3. The molecule has 0 aromatic carbocycles. The lowest BCUT2D eigenvalue weighted by Crippen LogP contribution is -2.39. The number of nitrogens with zero attached hydrogens (tertiary/aromatic N) is 1. The highest BCUT2D eigenvalue weighted by Crippen LogP contribution is 2.24. The largest absolute Gasteiger partial charge is 0.465 e. The van der Waals surface area contributed by atoms with E-state index in [9.17, 15) is 0 Å². The Labute approximate surface area is 117 Å². The third-order valence-electron chi connectivity index (χ3n) is 3.99. The van der Waals surface area contributed by atoms with E-state index in [1.807, 2.05) is 6.92 Å². The fraction of sp³-hybridized carbons (Fsp3) is 0.750. The van der Waals surface area contributed by atoms with Crippen LogP contribution in [0.4, 0.5) is 0 Å². The Morgan fingerprint density at radius 2 is 2.16 bits per heavy atom. The van der Waals surface area contributed by atoms with Crippen LogP contribution in [0.15, 0.2) is 16.5 Å². The van der Waals surface area contributed by atoms with Gasteiger partial charge in [0.15, 0.2) is 0 Å². The fourth-order valence-corrected chi connectivity index (χ4v) is 2.96. The van der Waals surface area contributed by atoms with Crippen molar-refractivity contribution in [2.75, 3.05) is 19.6 Å². The average Bonchev–Trinajstić information content (AvgIpc) is 2.64. The van der Waals surface area contributed by atoms with Crippen LogP contribution in [-0.4, -0.2) is 30.6 Å². The monoisotopic (exact) mass is 264 g/mol. The smallest absolute Gasteiger partial charge is 0.121 e. The summed E-state index contributed by atoms with van der Waals surface area (Å²) in [5, 5.41) is 3.68. The van der Waals surface area contributed by atoms with E-state index in [2.05, 4.69) is 43.1 Å². The predicted octanol–water partition coefficient (Wildman–Crippen LogP) is 3.36. The molecule has 0 amide bonds. The van der Waals surface area contributed by atoms with E-state index in [1.54, 1.807) is 0 Å². The molecule has 1 aliphatic heterocycles. The van der Waals surface area contributed by atoms with E-state index in [4.69, 9.17) is 4.42 Å². The van der Waals surface area contributed by atoms with Crippen LogP contribution in [0.1, 0.15) is 51.2 Å². The summed E-state index contributed by atoms with van der Waals surface area (Å²) in [7, 11) is 0. The lowest BCUT2D eigenvalue weighted by atomic mass is 10.0. The molecule has 0 bridgehead atoms. The number of hydrogen-bond acceptors (Lipinski definition) is 3. The molecule has 3 heteroatoms. The maximum absolute atomic E-state index is 5.79. The fourth-order valence-electron chi connectivity index (χ4n) is 2.96. The molecule has 3 nitrogen and oxygen atoms in total. The van der Waals surface area contributed by atoms with E-state index in [-0.39, 0.29) is 0 Å². The highest BCUT2D eigenvalue weighted by molar-refractivity contribution is 5.09. The summed E-state index contributed by atoms with van der Waals surface area (Å²) in [6, 6.07) is 5.17. The molecule has 2 heterocycles. The van der Waals surface area contributed by atoms with Crippen LogP contribution in [0.2, 0.25) is 0 Å². The molecule has 2 atom stereocenters. The van der Waals surface area contributed by atoms with Gasteiger partial charge >= 0.3 is 0 Å². The maximum Gasteiger partial charge on any atom is 0.121 e. The van der Waals surface area contributed by atoms with Crippen LogP contribution >= 0.6 is 0 Å². The molecule has 1 aromatic rings. The zero-order chi connectivity index (χ0) is 13.8. The molecule has 0 radical (unpaired) electrons. The highest BCUT2D eigenvalue weighted by atomic mass is 16.3. The minimum atomic E-state index is 0.378. The van der Waals surface area contributed by atoms with E-state index in [0.29, 0.717) is 12.1 Å². The van der Waals surface area contributed by atoms with Gasteiger partial charge in [0.05, 0.1) is 6.04 Å². The van der Waals surface area contributed by atoms with Crippen molar-refractivity contribution in [1.82, 2.24) is 10.2 Å². The summed E-state index contributed by atoms with van der Waals surface area (Å²) in [5.41, 5.74) is 0. The summed E-state index contributed by atoms with van der Waals surface area (Å²) in [5.74, 6) is 2.86. The predicted molar refractivity (Wildman–Crippen MR) is 79.3 cm³/mol. The summed E-state index contributed by atoms with van der Waals surface area (Å²) in [4.78, 5) is 2.56.